The third-order valence-electron chi connectivity index (χ3n) is 5.45. The third-order valence-corrected chi connectivity index (χ3v) is 6.47. The first-order chi connectivity index (χ1) is 14.0. The lowest BCUT2D eigenvalue weighted by Crippen LogP contribution is -2.35. The van der Waals surface area contributed by atoms with Crippen LogP contribution in [-0.2, 0) is 25.9 Å². The number of carbonyl (C=O) groups excluding carboxylic acids is 1. The van der Waals surface area contributed by atoms with Crippen molar-refractivity contribution >= 4 is 17.2 Å². The minimum Gasteiger partial charge on any atom is -0.361 e. The summed E-state index contributed by atoms with van der Waals surface area (Å²) in [4.78, 5) is 20.9. The molecule has 7 heteroatoms. The zero-order valence-corrected chi connectivity index (χ0v) is 17.9. The highest BCUT2D eigenvalue weighted by atomic mass is 32.1. The summed E-state index contributed by atoms with van der Waals surface area (Å²) in [7, 11) is 0. The molecule has 1 aliphatic heterocycles. The standard InChI is InChI=1S/C22H26N4O2S/c1-14(10-17-6-4-5-8-23-17)24-22(27)20-13-29-21-12-26(9-7-18(20)21)11-19-15(2)25-28-16(19)3/h4-6,8,13-14H,7,9-12H2,1-3H3,(H,24,27)/t14-/m0/s1. The van der Waals surface area contributed by atoms with E-state index in [1.807, 2.05) is 44.4 Å². The van der Waals surface area contributed by atoms with Gasteiger partial charge in [0, 0.05) is 59.8 Å². The molecule has 3 aromatic rings. The topological polar surface area (TPSA) is 71.3 Å². The largest absolute Gasteiger partial charge is 0.361 e. The number of carbonyl (C=O) groups is 1. The monoisotopic (exact) mass is 410 g/mol. The van der Waals surface area contributed by atoms with Crippen LogP contribution in [0.25, 0.3) is 0 Å². The van der Waals surface area contributed by atoms with E-state index in [4.69, 9.17) is 4.52 Å². The maximum Gasteiger partial charge on any atom is 0.252 e. The van der Waals surface area contributed by atoms with Crippen molar-refractivity contribution in [3.63, 3.8) is 0 Å². The number of aryl methyl sites for hydroxylation is 2. The number of aromatic nitrogens is 2. The number of thiophene rings is 1. The maximum absolute atomic E-state index is 12.8. The molecule has 0 saturated heterocycles. The summed E-state index contributed by atoms with van der Waals surface area (Å²) in [5.41, 5.74) is 5.15. The Morgan fingerprint density at radius 2 is 2.24 bits per heavy atom. The number of hydrogen-bond donors (Lipinski definition) is 1. The van der Waals surface area contributed by atoms with Crippen molar-refractivity contribution in [2.75, 3.05) is 6.54 Å². The van der Waals surface area contributed by atoms with E-state index < -0.39 is 0 Å². The van der Waals surface area contributed by atoms with Gasteiger partial charge in [0.05, 0.1) is 11.3 Å². The average molecular weight is 411 g/mol. The summed E-state index contributed by atoms with van der Waals surface area (Å²) in [5.74, 6) is 0.909. The second-order valence-electron chi connectivity index (χ2n) is 7.71. The van der Waals surface area contributed by atoms with Gasteiger partial charge in [-0.05, 0) is 44.9 Å². The van der Waals surface area contributed by atoms with Gasteiger partial charge in [-0.1, -0.05) is 11.2 Å². The first kappa shape index (κ1) is 19.8. The van der Waals surface area contributed by atoms with E-state index in [2.05, 4.69) is 20.4 Å². The minimum absolute atomic E-state index is 0.0186. The van der Waals surface area contributed by atoms with Gasteiger partial charge in [0.15, 0.2) is 0 Å². The first-order valence-electron chi connectivity index (χ1n) is 9.95. The lowest BCUT2D eigenvalue weighted by molar-refractivity contribution is 0.0938. The Bertz CT molecular complexity index is 976. The smallest absolute Gasteiger partial charge is 0.252 e. The van der Waals surface area contributed by atoms with E-state index in [-0.39, 0.29) is 11.9 Å². The van der Waals surface area contributed by atoms with Crippen molar-refractivity contribution in [3.05, 3.63) is 68.5 Å². The van der Waals surface area contributed by atoms with E-state index in [1.54, 1.807) is 17.5 Å². The van der Waals surface area contributed by atoms with Crippen LogP contribution in [0.2, 0.25) is 0 Å². The third kappa shape index (κ3) is 4.41. The van der Waals surface area contributed by atoms with Crippen molar-refractivity contribution in [2.24, 2.45) is 0 Å². The van der Waals surface area contributed by atoms with Gasteiger partial charge in [-0.2, -0.15) is 0 Å². The van der Waals surface area contributed by atoms with Gasteiger partial charge in [-0.3, -0.25) is 14.7 Å². The molecule has 4 rings (SSSR count). The molecule has 0 unspecified atom stereocenters. The number of rotatable bonds is 6. The fraction of sp³-hybridized carbons (Fsp3) is 0.409. The molecule has 152 valence electrons. The molecule has 0 fully saturated rings. The van der Waals surface area contributed by atoms with Crippen LogP contribution in [0.15, 0.2) is 34.3 Å². The Labute approximate surface area is 174 Å². The van der Waals surface area contributed by atoms with Crippen molar-refractivity contribution in [2.45, 2.75) is 52.7 Å². The fourth-order valence-electron chi connectivity index (χ4n) is 3.84. The number of fused-ring (bicyclic) bond motifs is 1. The van der Waals surface area contributed by atoms with Crippen LogP contribution in [0, 0.1) is 13.8 Å². The van der Waals surface area contributed by atoms with Gasteiger partial charge < -0.3 is 9.84 Å². The SMILES string of the molecule is Cc1noc(C)c1CN1CCc2c(C(=O)N[C@@H](C)Cc3ccccn3)csc2C1. The second-order valence-corrected chi connectivity index (χ2v) is 8.68. The van der Waals surface area contributed by atoms with Gasteiger partial charge in [-0.15, -0.1) is 11.3 Å². The molecule has 3 aromatic heterocycles. The summed E-state index contributed by atoms with van der Waals surface area (Å²) in [6.45, 7) is 8.60. The summed E-state index contributed by atoms with van der Waals surface area (Å²) in [6.07, 6.45) is 3.40. The molecule has 0 aliphatic carbocycles. The Morgan fingerprint density at radius 3 is 2.97 bits per heavy atom. The van der Waals surface area contributed by atoms with E-state index in [0.29, 0.717) is 0 Å². The zero-order chi connectivity index (χ0) is 20.4. The second kappa shape index (κ2) is 8.47. The Morgan fingerprint density at radius 1 is 1.38 bits per heavy atom. The molecule has 0 aromatic carbocycles. The maximum atomic E-state index is 12.8. The Kier molecular flexibility index (Phi) is 5.78. The predicted molar refractivity (Wildman–Crippen MR) is 113 cm³/mol. The lowest BCUT2D eigenvalue weighted by Gasteiger charge is -2.27. The van der Waals surface area contributed by atoms with Crippen molar-refractivity contribution in [3.8, 4) is 0 Å². The van der Waals surface area contributed by atoms with Crippen LogP contribution in [-0.4, -0.2) is 33.5 Å². The van der Waals surface area contributed by atoms with Crippen LogP contribution in [0.4, 0.5) is 0 Å². The molecule has 6 nitrogen and oxygen atoms in total. The van der Waals surface area contributed by atoms with Crippen molar-refractivity contribution < 1.29 is 9.32 Å². The van der Waals surface area contributed by atoms with Gasteiger partial charge in [0.25, 0.3) is 5.91 Å². The molecule has 1 N–H and O–H groups in total. The molecule has 29 heavy (non-hydrogen) atoms. The van der Waals surface area contributed by atoms with Gasteiger partial charge in [0.2, 0.25) is 0 Å². The highest BCUT2D eigenvalue weighted by Gasteiger charge is 2.25. The molecular formula is C22H26N4O2S. The van der Waals surface area contributed by atoms with Gasteiger partial charge in [-0.25, -0.2) is 0 Å². The number of pyridine rings is 1. The van der Waals surface area contributed by atoms with Gasteiger partial charge >= 0.3 is 0 Å². The normalized spacial score (nSPS) is 15.1. The molecular weight excluding hydrogens is 384 g/mol. The molecule has 1 amide bonds. The molecule has 4 heterocycles. The minimum atomic E-state index is 0.0186. The number of hydrogen-bond acceptors (Lipinski definition) is 6. The molecule has 1 aliphatic rings. The zero-order valence-electron chi connectivity index (χ0n) is 17.1. The average Bonchev–Trinajstić information content (AvgIpc) is 3.27. The number of amides is 1. The molecule has 1 atom stereocenters. The van der Waals surface area contributed by atoms with Crippen LogP contribution >= 0.6 is 11.3 Å². The molecule has 0 saturated carbocycles. The van der Waals surface area contributed by atoms with Crippen LogP contribution in [0.5, 0.6) is 0 Å². The molecule has 0 radical (unpaired) electrons. The van der Waals surface area contributed by atoms with E-state index in [0.717, 1.165) is 55.2 Å². The lowest BCUT2D eigenvalue weighted by atomic mass is 10.0. The number of nitrogens with one attached hydrogen (secondary N) is 1. The van der Waals surface area contributed by atoms with Crippen LogP contribution in [0.3, 0.4) is 0 Å². The summed E-state index contributed by atoms with van der Waals surface area (Å²) in [6, 6.07) is 5.90. The molecule has 0 bridgehead atoms. The van der Waals surface area contributed by atoms with E-state index >= 15 is 0 Å². The van der Waals surface area contributed by atoms with Crippen molar-refractivity contribution in [1.29, 1.82) is 0 Å². The summed E-state index contributed by atoms with van der Waals surface area (Å²) >= 11 is 1.68. The first-order valence-corrected chi connectivity index (χ1v) is 10.8. The number of nitrogens with zero attached hydrogens (tertiary/aromatic N) is 3. The Balaban J connectivity index is 1.39. The van der Waals surface area contributed by atoms with Crippen LogP contribution < -0.4 is 5.32 Å². The van der Waals surface area contributed by atoms with Crippen molar-refractivity contribution in [1.82, 2.24) is 20.4 Å². The van der Waals surface area contributed by atoms with Crippen LogP contribution in [0.1, 0.15) is 50.4 Å². The summed E-state index contributed by atoms with van der Waals surface area (Å²) < 4.78 is 5.29. The predicted octanol–water partition coefficient (Wildman–Crippen LogP) is 3.67. The highest BCUT2D eigenvalue weighted by molar-refractivity contribution is 7.10. The van der Waals surface area contributed by atoms with E-state index in [1.165, 1.54) is 16.0 Å². The highest BCUT2D eigenvalue weighted by Crippen LogP contribution is 2.30. The van der Waals surface area contributed by atoms with Gasteiger partial charge in [0.1, 0.15) is 5.76 Å². The fourth-order valence-corrected chi connectivity index (χ4v) is 4.96. The van der Waals surface area contributed by atoms with E-state index in [9.17, 15) is 4.79 Å². The summed E-state index contributed by atoms with van der Waals surface area (Å²) in [5, 5.41) is 9.20. The Hall–Kier alpha value is -2.51. The molecule has 0 spiro atoms. The quantitative estimate of drug-likeness (QED) is 0.671.